The van der Waals surface area contributed by atoms with Gasteiger partial charge in [0, 0.05) is 14.4 Å². The number of para-hydroxylation sites is 1. The SMILES string of the molecule is O=C(Nc1ccccc1SC(F)F)c1ccc(Cl)cc1Br. The predicted octanol–water partition coefficient (Wildman–Crippen LogP) is 5.67. The van der Waals surface area contributed by atoms with Crippen molar-refractivity contribution in [3.8, 4) is 0 Å². The normalized spacial score (nSPS) is 10.7. The van der Waals surface area contributed by atoms with Gasteiger partial charge in [-0.05, 0) is 46.3 Å². The zero-order valence-corrected chi connectivity index (χ0v) is 13.6. The highest BCUT2D eigenvalue weighted by Gasteiger charge is 2.14. The van der Waals surface area contributed by atoms with E-state index in [0.29, 0.717) is 37.4 Å². The highest BCUT2D eigenvalue weighted by atomic mass is 79.9. The molecular weight excluding hydrogens is 384 g/mol. The fraction of sp³-hybridized carbons (Fsp3) is 0.0714. The molecule has 0 atom stereocenters. The van der Waals surface area contributed by atoms with Gasteiger partial charge in [0.15, 0.2) is 0 Å². The third-order valence-electron chi connectivity index (χ3n) is 2.53. The molecule has 0 aliphatic carbocycles. The molecule has 0 aliphatic rings. The number of amides is 1. The van der Waals surface area contributed by atoms with E-state index in [2.05, 4.69) is 21.2 Å². The Hall–Kier alpha value is -1.11. The van der Waals surface area contributed by atoms with E-state index in [0.717, 1.165) is 0 Å². The summed E-state index contributed by atoms with van der Waals surface area (Å²) in [6.45, 7) is 0. The predicted molar refractivity (Wildman–Crippen MR) is 85.4 cm³/mol. The minimum Gasteiger partial charge on any atom is -0.321 e. The van der Waals surface area contributed by atoms with Crippen LogP contribution < -0.4 is 5.32 Å². The van der Waals surface area contributed by atoms with Crippen molar-refractivity contribution in [1.29, 1.82) is 0 Å². The molecule has 0 radical (unpaired) electrons. The molecule has 110 valence electrons. The summed E-state index contributed by atoms with van der Waals surface area (Å²) in [4.78, 5) is 12.5. The number of benzene rings is 2. The minimum atomic E-state index is -2.55. The summed E-state index contributed by atoms with van der Waals surface area (Å²) in [5.41, 5.74) is 0.714. The molecule has 0 saturated heterocycles. The third-order valence-corrected chi connectivity index (χ3v) is 4.21. The van der Waals surface area contributed by atoms with Crippen molar-refractivity contribution in [3.63, 3.8) is 0 Å². The van der Waals surface area contributed by atoms with Crippen LogP contribution in [0.3, 0.4) is 0 Å². The molecule has 0 bridgehead atoms. The number of nitrogens with one attached hydrogen (secondary N) is 1. The number of rotatable bonds is 4. The van der Waals surface area contributed by atoms with Gasteiger partial charge < -0.3 is 5.32 Å². The molecule has 0 fully saturated rings. The molecule has 0 spiro atoms. The second-order valence-corrected chi connectivity index (χ2v) is 6.28. The van der Waals surface area contributed by atoms with Crippen molar-refractivity contribution in [2.45, 2.75) is 10.7 Å². The number of anilines is 1. The first-order chi connectivity index (χ1) is 9.97. The van der Waals surface area contributed by atoms with E-state index < -0.39 is 11.7 Å². The third kappa shape index (κ3) is 4.43. The van der Waals surface area contributed by atoms with Gasteiger partial charge in [-0.3, -0.25) is 4.79 Å². The number of carbonyl (C=O) groups is 1. The number of halogens is 4. The van der Waals surface area contributed by atoms with Crippen LogP contribution >= 0.6 is 39.3 Å². The van der Waals surface area contributed by atoms with Gasteiger partial charge in [0.1, 0.15) is 0 Å². The molecule has 0 saturated carbocycles. The van der Waals surface area contributed by atoms with Crippen molar-refractivity contribution >= 4 is 50.9 Å². The topological polar surface area (TPSA) is 29.1 Å². The summed E-state index contributed by atoms with van der Waals surface area (Å²) < 4.78 is 25.5. The fourth-order valence-corrected chi connectivity index (χ4v) is 3.09. The first kappa shape index (κ1) is 16.3. The second kappa shape index (κ2) is 7.24. The highest BCUT2D eigenvalue weighted by molar-refractivity contribution is 9.10. The molecule has 21 heavy (non-hydrogen) atoms. The Labute approximate surface area is 138 Å². The zero-order valence-electron chi connectivity index (χ0n) is 10.4. The summed E-state index contributed by atoms with van der Waals surface area (Å²) in [5.74, 6) is -2.95. The van der Waals surface area contributed by atoms with Crippen molar-refractivity contribution in [2.75, 3.05) is 5.32 Å². The smallest absolute Gasteiger partial charge is 0.288 e. The van der Waals surface area contributed by atoms with Crippen LogP contribution in [-0.4, -0.2) is 11.7 Å². The number of hydrogen-bond donors (Lipinski definition) is 1. The van der Waals surface area contributed by atoms with Crippen LogP contribution in [-0.2, 0) is 0 Å². The summed E-state index contributed by atoms with van der Waals surface area (Å²) in [6.07, 6.45) is 0. The Morgan fingerprint density at radius 2 is 1.95 bits per heavy atom. The largest absolute Gasteiger partial charge is 0.321 e. The van der Waals surface area contributed by atoms with E-state index in [-0.39, 0.29) is 0 Å². The van der Waals surface area contributed by atoms with E-state index in [1.54, 1.807) is 36.4 Å². The van der Waals surface area contributed by atoms with Crippen molar-refractivity contribution in [1.82, 2.24) is 0 Å². The van der Waals surface area contributed by atoms with E-state index in [4.69, 9.17) is 11.6 Å². The lowest BCUT2D eigenvalue weighted by molar-refractivity contribution is 0.102. The Morgan fingerprint density at radius 1 is 1.24 bits per heavy atom. The number of alkyl halides is 2. The molecule has 0 aromatic heterocycles. The maximum absolute atomic E-state index is 12.5. The summed E-state index contributed by atoms with van der Waals surface area (Å²) in [7, 11) is 0. The first-order valence-corrected chi connectivity index (χ1v) is 7.82. The van der Waals surface area contributed by atoms with Crippen LogP contribution in [0.4, 0.5) is 14.5 Å². The van der Waals surface area contributed by atoms with Crippen LogP contribution in [0.1, 0.15) is 10.4 Å². The number of carbonyl (C=O) groups excluding carboxylic acids is 1. The molecular formula is C14H9BrClF2NOS. The molecule has 1 amide bonds. The maximum Gasteiger partial charge on any atom is 0.288 e. The fourth-order valence-electron chi connectivity index (χ4n) is 1.63. The van der Waals surface area contributed by atoms with Gasteiger partial charge in [-0.15, -0.1) is 0 Å². The lowest BCUT2D eigenvalue weighted by Gasteiger charge is -2.11. The molecule has 0 unspecified atom stereocenters. The molecule has 2 aromatic rings. The van der Waals surface area contributed by atoms with E-state index in [9.17, 15) is 13.6 Å². The van der Waals surface area contributed by atoms with Gasteiger partial charge in [0.2, 0.25) is 0 Å². The van der Waals surface area contributed by atoms with Gasteiger partial charge in [-0.25, -0.2) is 0 Å². The zero-order chi connectivity index (χ0) is 15.4. The monoisotopic (exact) mass is 391 g/mol. The van der Waals surface area contributed by atoms with Gasteiger partial charge in [-0.2, -0.15) is 8.78 Å². The molecule has 0 heterocycles. The molecule has 2 rings (SSSR count). The van der Waals surface area contributed by atoms with Crippen LogP contribution in [0.5, 0.6) is 0 Å². The Balaban J connectivity index is 2.23. The van der Waals surface area contributed by atoms with E-state index in [1.807, 2.05) is 0 Å². The van der Waals surface area contributed by atoms with Gasteiger partial charge >= 0.3 is 0 Å². The standard InChI is InChI=1S/C14H9BrClF2NOS/c15-10-7-8(16)5-6-9(10)13(20)19-11-3-1-2-4-12(11)21-14(17)18/h1-7,14H,(H,19,20). The van der Waals surface area contributed by atoms with E-state index >= 15 is 0 Å². The lowest BCUT2D eigenvalue weighted by atomic mass is 10.2. The van der Waals surface area contributed by atoms with Crippen molar-refractivity contribution in [2.24, 2.45) is 0 Å². The molecule has 7 heteroatoms. The van der Waals surface area contributed by atoms with Crippen LogP contribution in [0.2, 0.25) is 5.02 Å². The number of hydrogen-bond acceptors (Lipinski definition) is 2. The molecule has 2 aromatic carbocycles. The summed E-state index contributed by atoms with van der Waals surface area (Å²) >= 11 is 9.45. The highest BCUT2D eigenvalue weighted by Crippen LogP contribution is 2.32. The second-order valence-electron chi connectivity index (χ2n) is 3.95. The van der Waals surface area contributed by atoms with Crippen molar-refractivity contribution in [3.05, 3.63) is 57.5 Å². The Morgan fingerprint density at radius 3 is 2.62 bits per heavy atom. The average molecular weight is 393 g/mol. The van der Waals surface area contributed by atoms with Crippen LogP contribution in [0.15, 0.2) is 51.8 Å². The Kier molecular flexibility index (Phi) is 5.61. The maximum atomic E-state index is 12.5. The van der Waals surface area contributed by atoms with Gasteiger partial charge in [0.05, 0.1) is 11.3 Å². The number of thioether (sulfide) groups is 1. The molecule has 0 aliphatic heterocycles. The summed E-state index contributed by atoms with van der Waals surface area (Å²) in [5, 5.41) is 3.12. The van der Waals surface area contributed by atoms with Gasteiger partial charge in [-0.1, -0.05) is 35.5 Å². The lowest BCUT2D eigenvalue weighted by Crippen LogP contribution is -2.13. The minimum absolute atomic E-state index is 0.311. The van der Waals surface area contributed by atoms with Gasteiger partial charge in [0.25, 0.3) is 11.7 Å². The Bertz CT molecular complexity index is 669. The molecule has 2 nitrogen and oxygen atoms in total. The quantitative estimate of drug-likeness (QED) is 0.679. The average Bonchev–Trinajstić information content (AvgIpc) is 2.40. The van der Waals surface area contributed by atoms with E-state index in [1.165, 1.54) is 6.07 Å². The first-order valence-electron chi connectivity index (χ1n) is 5.77. The summed E-state index contributed by atoms with van der Waals surface area (Å²) in [6, 6.07) is 11.2. The van der Waals surface area contributed by atoms with Crippen LogP contribution in [0.25, 0.3) is 0 Å². The molecule has 1 N–H and O–H groups in total. The van der Waals surface area contributed by atoms with Crippen molar-refractivity contribution < 1.29 is 13.6 Å². The van der Waals surface area contributed by atoms with Crippen LogP contribution in [0, 0.1) is 0 Å².